The number of amides is 2. The number of nitrogens with one attached hydrogen (secondary N) is 2. The minimum Gasteiger partial charge on any atom is -0.350 e. The maximum Gasteiger partial charge on any atom is 0.277 e. The molecule has 2 amide bonds. The van der Waals surface area contributed by atoms with Gasteiger partial charge in [-0.25, -0.2) is 17.6 Å². The van der Waals surface area contributed by atoms with Crippen LogP contribution in [0, 0.1) is 11.6 Å². The van der Waals surface area contributed by atoms with Crippen LogP contribution in [0.15, 0.2) is 18.2 Å². The van der Waals surface area contributed by atoms with Gasteiger partial charge in [0.15, 0.2) is 0 Å². The van der Waals surface area contributed by atoms with Crippen molar-refractivity contribution < 1.29 is 27.2 Å². The van der Waals surface area contributed by atoms with Crippen molar-refractivity contribution >= 4 is 24.2 Å². The topological polar surface area (TPSA) is 84.2 Å². The second-order valence-corrected chi connectivity index (χ2v) is 4.96. The average Bonchev–Trinajstić information content (AvgIpc) is 2.44. The summed E-state index contributed by atoms with van der Waals surface area (Å²) in [6, 6.07) is 1.53. The van der Waals surface area contributed by atoms with E-state index in [0.29, 0.717) is 6.07 Å². The van der Waals surface area contributed by atoms with E-state index in [2.05, 4.69) is 5.32 Å². The first-order valence-corrected chi connectivity index (χ1v) is 6.71. The Labute approximate surface area is 142 Å². The summed E-state index contributed by atoms with van der Waals surface area (Å²) < 4.78 is 52.7. The summed E-state index contributed by atoms with van der Waals surface area (Å²) in [5, 5.41) is 4.29. The van der Waals surface area contributed by atoms with Crippen LogP contribution in [0.2, 0.25) is 0 Å². The molecule has 0 aliphatic carbocycles. The number of carbonyl (C=O) groups excluding carboxylic acids is 2. The van der Waals surface area contributed by atoms with Gasteiger partial charge in [-0.15, -0.1) is 12.4 Å². The van der Waals surface area contributed by atoms with E-state index in [4.69, 9.17) is 5.73 Å². The summed E-state index contributed by atoms with van der Waals surface area (Å²) in [6.45, 7) is -0.759. The molecule has 4 N–H and O–H groups in total. The molecule has 0 aliphatic rings. The van der Waals surface area contributed by atoms with Crippen molar-refractivity contribution in [3.63, 3.8) is 0 Å². The van der Waals surface area contributed by atoms with Crippen LogP contribution in [0.3, 0.4) is 0 Å². The molecule has 1 aromatic carbocycles. The minimum atomic E-state index is -3.26. The van der Waals surface area contributed by atoms with Gasteiger partial charge in [-0.1, -0.05) is 6.07 Å². The number of carbonyl (C=O) groups is 2. The SMILES string of the molecule is CC(=O)NC(CC(=O)NCC(F)(F)CN)c1ccc(F)cc1F.Cl. The third kappa shape index (κ3) is 7.14. The zero-order chi connectivity index (χ0) is 17.6. The Morgan fingerprint density at radius 3 is 2.42 bits per heavy atom. The van der Waals surface area contributed by atoms with Crippen LogP contribution >= 0.6 is 12.4 Å². The molecule has 0 aliphatic heterocycles. The molecule has 10 heteroatoms. The molecule has 0 bridgehead atoms. The molecule has 1 aromatic rings. The first kappa shape index (κ1) is 22.1. The van der Waals surface area contributed by atoms with Gasteiger partial charge < -0.3 is 16.4 Å². The highest BCUT2D eigenvalue weighted by molar-refractivity contribution is 5.85. The van der Waals surface area contributed by atoms with Crippen LogP contribution < -0.4 is 16.4 Å². The fraction of sp³-hybridized carbons (Fsp3) is 0.429. The van der Waals surface area contributed by atoms with Crippen LogP contribution in [0.4, 0.5) is 17.6 Å². The van der Waals surface area contributed by atoms with E-state index in [9.17, 15) is 27.2 Å². The molecule has 0 aromatic heterocycles. The van der Waals surface area contributed by atoms with E-state index in [-0.39, 0.29) is 18.0 Å². The molecule has 1 atom stereocenters. The molecule has 0 radical (unpaired) electrons. The Bertz CT molecular complexity index is 587. The monoisotopic (exact) mass is 371 g/mol. The van der Waals surface area contributed by atoms with Gasteiger partial charge in [0.2, 0.25) is 11.8 Å². The molecule has 0 heterocycles. The Morgan fingerprint density at radius 1 is 1.29 bits per heavy atom. The summed E-state index contributed by atoms with van der Waals surface area (Å²) in [4.78, 5) is 22.9. The highest BCUT2D eigenvalue weighted by Gasteiger charge is 2.28. The van der Waals surface area contributed by atoms with Gasteiger partial charge in [0.1, 0.15) is 11.6 Å². The molecule has 0 spiro atoms. The Balaban J connectivity index is 0.00000529. The first-order chi connectivity index (χ1) is 10.6. The third-order valence-electron chi connectivity index (χ3n) is 2.95. The fourth-order valence-electron chi connectivity index (χ4n) is 1.83. The smallest absolute Gasteiger partial charge is 0.277 e. The number of nitrogens with two attached hydrogens (primary N) is 1. The Hall–Kier alpha value is -1.87. The molecule has 24 heavy (non-hydrogen) atoms. The number of rotatable bonds is 7. The number of alkyl halides is 2. The van der Waals surface area contributed by atoms with Crippen molar-refractivity contribution in [3.05, 3.63) is 35.4 Å². The highest BCUT2D eigenvalue weighted by Crippen LogP contribution is 2.21. The van der Waals surface area contributed by atoms with Gasteiger partial charge in [-0.3, -0.25) is 9.59 Å². The maximum absolute atomic E-state index is 13.8. The normalized spacial score (nSPS) is 12.1. The molecule has 0 saturated carbocycles. The Kier molecular flexibility index (Phi) is 8.70. The fourth-order valence-corrected chi connectivity index (χ4v) is 1.83. The second-order valence-electron chi connectivity index (χ2n) is 4.96. The van der Waals surface area contributed by atoms with Crippen LogP contribution in [0.1, 0.15) is 24.9 Å². The minimum absolute atomic E-state index is 0. The van der Waals surface area contributed by atoms with Gasteiger partial charge in [0.05, 0.1) is 25.6 Å². The molecule has 1 rings (SSSR count). The summed E-state index contributed by atoms with van der Waals surface area (Å²) >= 11 is 0. The Morgan fingerprint density at radius 2 is 1.92 bits per heavy atom. The van der Waals surface area contributed by atoms with Gasteiger partial charge >= 0.3 is 0 Å². The van der Waals surface area contributed by atoms with Gasteiger partial charge in [0, 0.05) is 18.6 Å². The predicted molar refractivity (Wildman–Crippen MR) is 81.8 cm³/mol. The molecule has 0 saturated heterocycles. The lowest BCUT2D eigenvalue weighted by Gasteiger charge is -2.20. The average molecular weight is 372 g/mol. The zero-order valence-electron chi connectivity index (χ0n) is 12.7. The first-order valence-electron chi connectivity index (χ1n) is 6.71. The highest BCUT2D eigenvalue weighted by atomic mass is 35.5. The number of hydrogen-bond acceptors (Lipinski definition) is 3. The van der Waals surface area contributed by atoms with Crippen LogP contribution in [-0.2, 0) is 9.59 Å². The molecule has 5 nitrogen and oxygen atoms in total. The number of benzene rings is 1. The van der Waals surface area contributed by atoms with E-state index >= 15 is 0 Å². The third-order valence-corrected chi connectivity index (χ3v) is 2.95. The van der Waals surface area contributed by atoms with Crippen LogP contribution in [0.25, 0.3) is 0 Å². The lowest BCUT2D eigenvalue weighted by Crippen LogP contribution is -2.42. The quantitative estimate of drug-likeness (QED) is 0.637. The number of halogens is 5. The van der Waals surface area contributed by atoms with Crippen molar-refractivity contribution in [1.29, 1.82) is 0 Å². The van der Waals surface area contributed by atoms with Crippen LogP contribution in [-0.4, -0.2) is 30.8 Å². The summed E-state index contributed by atoms with van der Waals surface area (Å²) in [6.07, 6.45) is -0.483. The van der Waals surface area contributed by atoms with Gasteiger partial charge in [0.25, 0.3) is 5.92 Å². The van der Waals surface area contributed by atoms with Crippen molar-refractivity contribution in [2.75, 3.05) is 13.1 Å². The van der Waals surface area contributed by atoms with Crippen LogP contribution in [0.5, 0.6) is 0 Å². The number of hydrogen-bond donors (Lipinski definition) is 3. The van der Waals surface area contributed by atoms with E-state index in [1.807, 2.05) is 5.32 Å². The maximum atomic E-state index is 13.8. The van der Waals surface area contributed by atoms with E-state index < -0.39 is 54.9 Å². The molecule has 0 fully saturated rings. The molecular formula is C14H18ClF4N3O2. The largest absolute Gasteiger partial charge is 0.350 e. The summed E-state index contributed by atoms with van der Waals surface area (Å²) in [5.41, 5.74) is 4.72. The van der Waals surface area contributed by atoms with Crippen molar-refractivity contribution in [3.8, 4) is 0 Å². The van der Waals surface area contributed by atoms with Gasteiger partial charge in [-0.2, -0.15) is 0 Å². The second kappa shape index (κ2) is 9.43. The summed E-state index contributed by atoms with van der Waals surface area (Å²) in [7, 11) is 0. The van der Waals surface area contributed by atoms with E-state index in [1.165, 1.54) is 0 Å². The van der Waals surface area contributed by atoms with E-state index in [1.54, 1.807) is 0 Å². The van der Waals surface area contributed by atoms with Gasteiger partial charge in [-0.05, 0) is 6.07 Å². The zero-order valence-corrected chi connectivity index (χ0v) is 13.6. The van der Waals surface area contributed by atoms with Crippen molar-refractivity contribution in [2.45, 2.75) is 25.3 Å². The van der Waals surface area contributed by atoms with Crippen molar-refractivity contribution in [1.82, 2.24) is 10.6 Å². The molecular weight excluding hydrogens is 354 g/mol. The lowest BCUT2D eigenvalue weighted by atomic mass is 10.0. The van der Waals surface area contributed by atoms with E-state index in [0.717, 1.165) is 19.1 Å². The standard InChI is InChI=1S/C14H17F4N3O2.ClH/c1-8(22)21-12(10-3-2-9(15)4-11(10)16)5-13(23)20-7-14(17,18)6-19;/h2-4,12H,5-7,19H2,1H3,(H,20,23)(H,21,22);1H. The molecule has 136 valence electrons. The molecule has 1 unspecified atom stereocenters. The van der Waals surface area contributed by atoms with Crippen molar-refractivity contribution in [2.24, 2.45) is 5.73 Å². The predicted octanol–water partition coefficient (Wildman–Crippen LogP) is 1.66. The lowest BCUT2D eigenvalue weighted by molar-refractivity contribution is -0.124. The summed E-state index contributed by atoms with van der Waals surface area (Å²) in [5.74, 6) is -6.43.